The van der Waals surface area contributed by atoms with E-state index in [4.69, 9.17) is 14.2 Å². The lowest BCUT2D eigenvalue weighted by atomic mass is 10.0. The van der Waals surface area contributed by atoms with E-state index in [0.29, 0.717) is 0 Å². The zero-order valence-electron chi connectivity index (χ0n) is 12.6. The van der Waals surface area contributed by atoms with Gasteiger partial charge in [0.05, 0.1) is 12.1 Å². The Labute approximate surface area is 123 Å². The average molecular weight is 302 g/mol. The molecule has 8 nitrogen and oxygen atoms in total. The number of rotatable bonds is 4. The molecule has 2 aliphatic heterocycles. The molecule has 0 radical (unpaired) electrons. The summed E-state index contributed by atoms with van der Waals surface area (Å²) in [7, 11) is 0. The Morgan fingerprint density at radius 2 is 1.90 bits per heavy atom. The molecule has 1 unspecified atom stereocenters. The normalized spacial score (nSPS) is 35.1. The first-order chi connectivity index (χ1) is 9.69. The molecule has 2 fully saturated rings. The number of fused-ring (bicyclic) bond motifs is 1. The van der Waals surface area contributed by atoms with E-state index in [9.17, 15) is 14.7 Å². The number of aliphatic hydroxyl groups excluding tert-OH is 1. The molecule has 0 aromatic rings. The third-order valence-corrected chi connectivity index (χ3v) is 3.40. The van der Waals surface area contributed by atoms with Crippen LogP contribution >= 0.6 is 0 Å². The highest BCUT2D eigenvalue weighted by Gasteiger charge is 2.56. The minimum Gasteiger partial charge on any atom is -0.388 e. The molecule has 2 rings (SSSR count). The van der Waals surface area contributed by atoms with Crippen molar-refractivity contribution < 1.29 is 28.9 Å². The SMILES string of the molecule is CC(=O)NCC(O)[C@H]1O[C@@H]2OC(C)(C)O[C@@H]2[C@H]1NC(C)=O. The van der Waals surface area contributed by atoms with Gasteiger partial charge in [-0.25, -0.2) is 0 Å². The number of nitrogens with one attached hydrogen (secondary N) is 2. The van der Waals surface area contributed by atoms with Gasteiger partial charge in [-0.2, -0.15) is 0 Å². The molecule has 2 aliphatic rings. The van der Waals surface area contributed by atoms with Crippen LogP contribution in [0.4, 0.5) is 0 Å². The van der Waals surface area contributed by atoms with Crippen LogP contribution in [-0.4, -0.2) is 59.9 Å². The number of ether oxygens (including phenoxy) is 3. The van der Waals surface area contributed by atoms with Crippen molar-refractivity contribution in [3.63, 3.8) is 0 Å². The molecule has 5 atom stereocenters. The van der Waals surface area contributed by atoms with Crippen LogP contribution < -0.4 is 10.6 Å². The molecule has 0 spiro atoms. The van der Waals surface area contributed by atoms with Crippen molar-refractivity contribution in [3.05, 3.63) is 0 Å². The van der Waals surface area contributed by atoms with Crippen molar-refractivity contribution in [1.29, 1.82) is 0 Å². The van der Waals surface area contributed by atoms with E-state index in [1.807, 2.05) is 0 Å². The van der Waals surface area contributed by atoms with Crippen LogP contribution in [0.25, 0.3) is 0 Å². The highest BCUT2D eigenvalue weighted by atomic mass is 16.8. The van der Waals surface area contributed by atoms with E-state index in [1.54, 1.807) is 13.8 Å². The number of carbonyl (C=O) groups excluding carboxylic acids is 2. The Kier molecular flexibility index (Phi) is 4.52. The molecule has 0 bridgehead atoms. The van der Waals surface area contributed by atoms with E-state index in [-0.39, 0.29) is 18.4 Å². The predicted octanol–water partition coefficient (Wildman–Crippen LogP) is -1.14. The fraction of sp³-hybridized carbons (Fsp3) is 0.846. The third-order valence-electron chi connectivity index (χ3n) is 3.40. The summed E-state index contributed by atoms with van der Waals surface area (Å²) in [6.45, 7) is 6.27. The van der Waals surface area contributed by atoms with Gasteiger partial charge in [0.25, 0.3) is 0 Å². The standard InChI is InChI=1S/C13H22N2O6/c1-6(16)14-5-8(18)10-9(15-7(2)17)11-12(19-10)21-13(3,4)20-11/h8-12,18H,5H2,1-4H3,(H,14,16)(H,15,17)/t8?,9-,10+,11+,12+/m0/s1. The van der Waals surface area contributed by atoms with Gasteiger partial charge in [0.15, 0.2) is 12.1 Å². The molecule has 2 amide bonds. The molecule has 2 heterocycles. The van der Waals surface area contributed by atoms with Gasteiger partial charge in [0.1, 0.15) is 12.2 Å². The summed E-state index contributed by atoms with van der Waals surface area (Å²) < 4.78 is 17.0. The fourth-order valence-electron chi connectivity index (χ4n) is 2.63. The molecule has 21 heavy (non-hydrogen) atoms. The lowest BCUT2D eigenvalue weighted by Gasteiger charge is -2.28. The van der Waals surface area contributed by atoms with Crippen molar-refractivity contribution in [3.8, 4) is 0 Å². The maximum atomic E-state index is 11.4. The second kappa shape index (κ2) is 5.88. The monoisotopic (exact) mass is 302 g/mol. The summed E-state index contributed by atoms with van der Waals surface area (Å²) >= 11 is 0. The molecule has 8 heteroatoms. The van der Waals surface area contributed by atoms with Gasteiger partial charge in [-0.05, 0) is 13.8 Å². The highest BCUT2D eigenvalue weighted by molar-refractivity contribution is 5.73. The molecule has 0 aromatic carbocycles. The molecule has 120 valence electrons. The minimum atomic E-state index is -0.980. The van der Waals surface area contributed by atoms with Crippen LogP contribution in [0.3, 0.4) is 0 Å². The van der Waals surface area contributed by atoms with Crippen LogP contribution in [0.15, 0.2) is 0 Å². The number of carbonyl (C=O) groups is 2. The maximum Gasteiger partial charge on any atom is 0.217 e. The maximum absolute atomic E-state index is 11.4. The first-order valence-electron chi connectivity index (χ1n) is 6.90. The Hall–Kier alpha value is -1.22. The summed E-state index contributed by atoms with van der Waals surface area (Å²) in [5.74, 6) is -1.31. The second-order valence-corrected chi connectivity index (χ2v) is 5.80. The van der Waals surface area contributed by atoms with E-state index in [0.717, 1.165) is 0 Å². The van der Waals surface area contributed by atoms with Crippen LogP contribution in [0.1, 0.15) is 27.7 Å². The zero-order chi connectivity index (χ0) is 15.8. The number of hydrogen-bond donors (Lipinski definition) is 3. The van der Waals surface area contributed by atoms with Crippen molar-refractivity contribution >= 4 is 11.8 Å². The zero-order valence-corrected chi connectivity index (χ0v) is 12.6. The van der Waals surface area contributed by atoms with E-state index >= 15 is 0 Å². The van der Waals surface area contributed by atoms with Gasteiger partial charge >= 0.3 is 0 Å². The van der Waals surface area contributed by atoms with Gasteiger partial charge < -0.3 is 30.0 Å². The van der Waals surface area contributed by atoms with E-state index in [1.165, 1.54) is 13.8 Å². The summed E-state index contributed by atoms with van der Waals surface area (Å²) in [4.78, 5) is 22.3. The Morgan fingerprint density at radius 1 is 1.24 bits per heavy atom. The Bertz CT molecular complexity index is 427. The number of hydrogen-bond acceptors (Lipinski definition) is 6. The topological polar surface area (TPSA) is 106 Å². The number of aliphatic hydroxyl groups is 1. The second-order valence-electron chi connectivity index (χ2n) is 5.80. The summed E-state index contributed by atoms with van der Waals surface area (Å²) in [5.41, 5.74) is 0. The smallest absolute Gasteiger partial charge is 0.217 e. The lowest BCUT2D eigenvalue weighted by Crippen LogP contribution is -2.53. The van der Waals surface area contributed by atoms with E-state index in [2.05, 4.69) is 10.6 Å². The van der Waals surface area contributed by atoms with E-state index < -0.39 is 36.4 Å². The molecule has 3 N–H and O–H groups in total. The van der Waals surface area contributed by atoms with Crippen LogP contribution in [-0.2, 0) is 23.8 Å². The first-order valence-corrected chi connectivity index (χ1v) is 6.90. The van der Waals surface area contributed by atoms with Crippen molar-refractivity contribution in [1.82, 2.24) is 10.6 Å². The highest BCUT2D eigenvalue weighted by Crippen LogP contribution is 2.38. The van der Waals surface area contributed by atoms with Gasteiger partial charge in [-0.1, -0.05) is 0 Å². The first kappa shape index (κ1) is 16.2. The predicted molar refractivity (Wildman–Crippen MR) is 71.0 cm³/mol. The van der Waals surface area contributed by atoms with Crippen LogP contribution in [0.5, 0.6) is 0 Å². The Morgan fingerprint density at radius 3 is 2.48 bits per heavy atom. The average Bonchev–Trinajstić information content (AvgIpc) is 2.79. The minimum absolute atomic E-state index is 0.0267. The van der Waals surface area contributed by atoms with Crippen LogP contribution in [0, 0.1) is 0 Å². The quantitative estimate of drug-likeness (QED) is 0.606. The summed E-state index contributed by atoms with van der Waals surface area (Å²) in [6.07, 6.45) is -2.85. The summed E-state index contributed by atoms with van der Waals surface area (Å²) in [6, 6.07) is -0.543. The summed E-state index contributed by atoms with van der Waals surface area (Å²) in [5, 5.41) is 15.4. The van der Waals surface area contributed by atoms with Gasteiger partial charge in [-0.3, -0.25) is 9.59 Å². The van der Waals surface area contributed by atoms with Crippen molar-refractivity contribution in [2.24, 2.45) is 0 Å². The largest absolute Gasteiger partial charge is 0.388 e. The molecular formula is C13H22N2O6. The third kappa shape index (κ3) is 3.70. The molecule has 0 aromatic heterocycles. The molecule has 0 saturated carbocycles. The fourth-order valence-corrected chi connectivity index (χ4v) is 2.63. The van der Waals surface area contributed by atoms with Crippen LogP contribution in [0.2, 0.25) is 0 Å². The molecule has 2 saturated heterocycles. The van der Waals surface area contributed by atoms with Crippen molar-refractivity contribution in [2.45, 2.75) is 64.1 Å². The van der Waals surface area contributed by atoms with Crippen molar-refractivity contribution in [2.75, 3.05) is 6.54 Å². The number of amides is 2. The van der Waals surface area contributed by atoms with Gasteiger partial charge in [0.2, 0.25) is 11.8 Å². The van der Waals surface area contributed by atoms with Gasteiger partial charge in [0, 0.05) is 20.4 Å². The molecule has 0 aliphatic carbocycles. The Balaban J connectivity index is 2.07. The lowest BCUT2D eigenvalue weighted by molar-refractivity contribution is -0.216. The molecular weight excluding hydrogens is 280 g/mol. The van der Waals surface area contributed by atoms with Gasteiger partial charge in [-0.15, -0.1) is 0 Å².